The molecular weight excluding hydrogens is 174 g/mol. The number of nitrogens with zero attached hydrogens (tertiary/aromatic N) is 2. The van der Waals surface area contributed by atoms with Crippen molar-refractivity contribution in [2.24, 2.45) is 0 Å². The summed E-state index contributed by atoms with van der Waals surface area (Å²) in [5, 5.41) is 11.9. The molecule has 1 aliphatic rings. The summed E-state index contributed by atoms with van der Waals surface area (Å²) in [7, 11) is 2.19. The fourth-order valence-corrected chi connectivity index (χ4v) is 2.03. The molecule has 1 saturated heterocycles. The van der Waals surface area contributed by atoms with Crippen LogP contribution >= 0.6 is 0 Å². The highest BCUT2D eigenvalue weighted by molar-refractivity contribution is 4.75. The standard InChI is InChI=1S/C11H21N3/c1-14(10-3-2-7-12)11-5-4-8-13-9-6-11/h11,13H,2-6,8-10H2,1H3. The van der Waals surface area contributed by atoms with Gasteiger partial charge in [-0.3, -0.25) is 0 Å². The molecule has 1 fully saturated rings. The second kappa shape index (κ2) is 6.80. The number of unbranched alkanes of at least 4 members (excludes halogenated alkanes) is 1. The Bertz CT molecular complexity index is 177. The van der Waals surface area contributed by atoms with E-state index in [0.717, 1.165) is 25.6 Å². The van der Waals surface area contributed by atoms with Crippen molar-refractivity contribution in [3.8, 4) is 6.07 Å². The molecule has 0 aromatic rings. The third kappa shape index (κ3) is 4.08. The molecule has 0 saturated carbocycles. The van der Waals surface area contributed by atoms with Crippen LogP contribution in [0.2, 0.25) is 0 Å². The lowest BCUT2D eigenvalue weighted by atomic mass is 10.1. The fourth-order valence-electron chi connectivity index (χ4n) is 2.03. The molecule has 80 valence electrons. The number of hydrogen-bond acceptors (Lipinski definition) is 3. The zero-order valence-electron chi connectivity index (χ0n) is 9.13. The van der Waals surface area contributed by atoms with Gasteiger partial charge in [0.2, 0.25) is 0 Å². The van der Waals surface area contributed by atoms with E-state index in [0.29, 0.717) is 6.42 Å². The third-order valence-electron chi connectivity index (χ3n) is 2.97. The van der Waals surface area contributed by atoms with Crippen molar-refractivity contribution in [3.63, 3.8) is 0 Å². The predicted octanol–water partition coefficient (Wildman–Crippen LogP) is 1.36. The van der Waals surface area contributed by atoms with Crippen molar-refractivity contribution < 1.29 is 0 Å². The van der Waals surface area contributed by atoms with Crippen molar-refractivity contribution in [3.05, 3.63) is 0 Å². The van der Waals surface area contributed by atoms with Gasteiger partial charge < -0.3 is 10.2 Å². The summed E-state index contributed by atoms with van der Waals surface area (Å²) >= 11 is 0. The van der Waals surface area contributed by atoms with E-state index >= 15 is 0 Å². The minimum Gasteiger partial charge on any atom is -0.317 e. The molecule has 3 heteroatoms. The van der Waals surface area contributed by atoms with Gasteiger partial charge in [-0.25, -0.2) is 0 Å². The molecule has 3 nitrogen and oxygen atoms in total. The van der Waals surface area contributed by atoms with Gasteiger partial charge in [0.15, 0.2) is 0 Å². The van der Waals surface area contributed by atoms with Gasteiger partial charge in [0.05, 0.1) is 6.07 Å². The zero-order valence-corrected chi connectivity index (χ0v) is 9.13. The number of nitrogens with one attached hydrogen (secondary N) is 1. The van der Waals surface area contributed by atoms with Gasteiger partial charge in [-0.1, -0.05) is 0 Å². The molecule has 14 heavy (non-hydrogen) atoms. The van der Waals surface area contributed by atoms with Gasteiger partial charge in [0.1, 0.15) is 0 Å². The zero-order chi connectivity index (χ0) is 10.2. The van der Waals surface area contributed by atoms with Crippen LogP contribution in [-0.2, 0) is 0 Å². The molecule has 0 amide bonds. The van der Waals surface area contributed by atoms with E-state index in [2.05, 4.69) is 23.3 Å². The van der Waals surface area contributed by atoms with Gasteiger partial charge >= 0.3 is 0 Å². The summed E-state index contributed by atoms with van der Waals surface area (Å²) in [6.07, 6.45) is 5.54. The summed E-state index contributed by atoms with van der Waals surface area (Å²) in [5.74, 6) is 0. The minimum atomic E-state index is 0.690. The maximum Gasteiger partial charge on any atom is 0.0622 e. The summed E-state index contributed by atoms with van der Waals surface area (Å²) in [6, 6.07) is 2.92. The molecule has 1 heterocycles. The Morgan fingerprint density at radius 1 is 1.43 bits per heavy atom. The smallest absolute Gasteiger partial charge is 0.0622 e. The lowest BCUT2D eigenvalue weighted by molar-refractivity contribution is 0.223. The van der Waals surface area contributed by atoms with E-state index in [1.807, 2.05) is 0 Å². The van der Waals surface area contributed by atoms with Crippen molar-refractivity contribution in [2.45, 2.75) is 38.1 Å². The molecule has 0 aliphatic carbocycles. The minimum absolute atomic E-state index is 0.690. The Labute approximate surface area is 87.1 Å². The molecule has 1 N–H and O–H groups in total. The van der Waals surface area contributed by atoms with Gasteiger partial charge in [-0.05, 0) is 52.4 Å². The van der Waals surface area contributed by atoms with Gasteiger partial charge in [-0.2, -0.15) is 5.26 Å². The number of hydrogen-bond donors (Lipinski definition) is 1. The topological polar surface area (TPSA) is 39.1 Å². The Balaban J connectivity index is 2.20. The highest BCUT2D eigenvalue weighted by Crippen LogP contribution is 2.12. The molecule has 1 unspecified atom stereocenters. The molecule has 1 aliphatic heterocycles. The SMILES string of the molecule is CN(CCCC#N)C1CCCNCC1. The quantitative estimate of drug-likeness (QED) is 0.689. The van der Waals surface area contributed by atoms with E-state index in [1.54, 1.807) is 0 Å². The number of rotatable bonds is 4. The largest absolute Gasteiger partial charge is 0.317 e. The van der Waals surface area contributed by atoms with Crippen molar-refractivity contribution >= 4 is 0 Å². The van der Waals surface area contributed by atoms with Crippen LogP contribution in [0.25, 0.3) is 0 Å². The lowest BCUT2D eigenvalue weighted by Crippen LogP contribution is -2.33. The Morgan fingerprint density at radius 2 is 2.29 bits per heavy atom. The summed E-state index contributed by atoms with van der Waals surface area (Å²) in [6.45, 7) is 3.38. The highest BCUT2D eigenvalue weighted by atomic mass is 15.1. The third-order valence-corrected chi connectivity index (χ3v) is 2.97. The second-order valence-electron chi connectivity index (χ2n) is 4.08. The molecular formula is C11H21N3. The first kappa shape index (κ1) is 11.5. The first-order chi connectivity index (χ1) is 6.84. The van der Waals surface area contributed by atoms with Crippen LogP contribution in [-0.4, -0.2) is 37.6 Å². The molecule has 0 spiro atoms. The van der Waals surface area contributed by atoms with Gasteiger partial charge in [0.25, 0.3) is 0 Å². The second-order valence-corrected chi connectivity index (χ2v) is 4.08. The molecule has 1 rings (SSSR count). The maximum atomic E-state index is 8.46. The van der Waals surface area contributed by atoms with Crippen LogP contribution in [0, 0.1) is 11.3 Å². The highest BCUT2D eigenvalue weighted by Gasteiger charge is 2.15. The lowest BCUT2D eigenvalue weighted by Gasteiger charge is -2.26. The van der Waals surface area contributed by atoms with Crippen LogP contribution in [0.5, 0.6) is 0 Å². The van der Waals surface area contributed by atoms with E-state index < -0.39 is 0 Å². The van der Waals surface area contributed by atoms with E-state index in [-0.39, 0.29) is 0 Å². The van der Waals surface area contributed by atoms with Crippen LogP contribution in [0.1, 0.15) is 32.1 Å². The summed E-state index contributed by atoms with van der Waals surface area (Å²) in [4.78, 5) is 2.42. The van der Waals surface area contributed by atoms with Crippen LogP contribution in [0.3, 0.4) is 0 Å². The fraction of sp³-hybridized carbons (Fsp3) is 0.909. The molecule has 1 atom stereocenters. The van der Waals surface area contributed by atoms with Crippen molar-refractivity contribution in [1.29, 1.82) is 5.26 Å². The van der Waals surface area contributed by atoms with E-state index in [4.69, 9.17) is 5.26 Å². The Morgan fingerprint density at radius 3 is 3.07 bits per heavy atom. The van der Waals surface area contributed by atoms with Crippen LogP contribution < -0.4 is 5.32 Å². The molecule has 0 aromatic heterocycles. The summed E-state index contributed by atoms with van der Waals surface area (Å²) < 4.78 is 0. The van der Waals surface area contributed by atoms with E-state index in [1.165, 1.54) is 25.8 Å². The Hall–Kier alpha value is -0.590. The Kier molecular flexibility index (Phi) is 5.58. The first-order valence-corrected chi connectivity index (χ1v) is 5.62. The van der Waals surface area contributed by atoms with Crippen molar-refractivity contribution in [2.75, 3.05) is 26.7 Å². The maximum absolute atomic E-state index is 8.46. The summed E-state index contributed by atoms with van der Waals surface area (Å²) in [5.41, 5.74) is 0. The average molecular weight is 195 g/mol. The normalized spacial score (nSPS) is 23.1. The molecule has 0 bridgehead atoms. The van der Waals surface area contributed by atoms with E-state index in [9.17, 15) is 0 Å². The van der Waals surface area contributed by atoms with Crippen molar-refractivity contribution in [1.82, 2.24) is 10.2 Å². The predicted molar refractivity (Wildman–Crippen MR) is 58.0 cm³/mol. The van der Waals surface area contributed by atoms with Gasteiger partial charge in [0, 0.05) is 12.5 Å². The first-order valence-electron chi connectivity index (χ1n) is 5.62. The molecule has 0 radical (unpaired) electrons. The van der Waals surface area contributed by atoms with Crippen LogP contribution in [0.4, 0.5) is 0 Å². The average Bonchev–Trinajstić information content (AvgIpc) is 2.46. The van der Waals surface area contributed by atoms with Gasteiger partial charge in [-0.15, -0.1) is 0 Å². The molecule has 0 aromatic carbocycles. The van der Waals surface area contributed by atoms with Crippen LogP contribution in [0.15, 0.2) is 0 Å². The number of nitriles is 1. The monoisotopic (exact) mass is 195 g/mol.